The molecule has 1 aromatic heterocycles. The molecule has 0 fully saturated rings. The summed E-state index contributed by atoms with van der Waals surface area (Å²) in [6.45, 7) is 5.93. The third kappa shape index (κ3) is 10.5. The Morgan fingerprint density at radius 1 is 0.889 bits per heavy atom. The Kier molecular flexibility index (Phi) is 13.3. The van der Waals surface area contributed by atoms with Crippen molar-refractivity contribution in [3.63, 3.8) is 0 Å². The fourth-order valence-corrected chi connectivity index (χ4v) is 4.50. The molecule has 2 aromatic carbocycles. The number of aliphatic hydroxyl groups is 1. The van der Waals surface area contributed by atoms with Gasteiger partial charge in [-0.15, -0.1) is 10.2 Å². The summed E-state index contributed by atoms with van der Waals surface area (Å²) in [5, 5.41) is 57.9. The Hall–Kier alpha value is -5.18. The van der Waals surface area contributed by atoms with E-state index in [1.54, 1.807) is 0 Å². The Bertz CT molecular complexity index is 1440. The van der Waals surface area contributed by atoms with Gasteiger partial charge in [-0.1, -0.05) is 75.7 Å². The van der Waals surface area contributed by atoms with Gasteiger partial charge in [-0.3, -0.25) is 14.4 Å². The number of carbonyl (C=O) groups excluding carboxylic acids is 1. The minimum absolute atomic E-state index is 0.125. The number of hydrogen-bond acceptors (Lipinski definition) is 9. The number of aromatic amines is 1. The summed E-state index contributed by atoms with van der Waals surface area (Å²) in [6, 6.07) is 14.7. The van der Waals surface area contributed by atoms with Crippen molar-refractivity contribution in [3.8, 4) is 22.5 Å². The number of aromatic nitrogens is 4. The van der Waals surface area contributed by atoms with Crippen molar-refractivity contribution in [2.24, 2.45) is 5.92 Å². The fraction of sp³-hybridized carbons (Fsp3) is 0.400. The second kappa shape index (κ2) is 16.6. The molecule has 0 aliphatic heterocycles. The molecule has 242 valence electrons. The maximum atomic E-state index is 12.9. The number of benzene rings is 2. The monoisotopic (exact) mass is 627 g/mol. The van der Waals surface area contributed by atoms with Gasteiger partial charge in [-0.2, -0.15) is 5.21 Å². The lowest BCUT2D eigenvalue weighted by Gasteiger charge is -2.32. The predicted octanol–water partition coefficient (Wildman–Crippen LogP) is 2.91. The quantitative estimate of drug-likeness (QED) is 0.142. The zero-order chi connectivity index (χ0) is 33.7. The van der Waals surface area contributed by atoms with E-state index in [0.29, 0.717) is 12.2 Å². The van der Waals surface area contributed by atoms with Crippen molar-refractivity contribution in [1.29, 1.82) is 0 Å². The molecule has 3 aromatic rings. The largest absolute Gasteiger partial charge is 0.481 e. The van der Waals surface area contributed by atoms with E-state index in [0.717, 1.165) is 35.1 Å². The number of nitrogens with one attached hydrogen (secondary N) is 1. The van der Waals surface area contributed by atoms with Crippen LogP contribution < -0.4 is 0 Å². The summed E-state index contributed by atoms with van der Waals surface area (Å²) in [4.78, 5) is 56.8. The van der Waals surface area contributed by atoms with Gasteiger partial charge in [0.25, 0.3) is 0 Å². The van der Waals surface area contributed by atoms with Gasteiger partial charge in [0.1, 0.15) is 6.04 Å². The molecule has 0 saturated heterocycles. The number of hydrogen-bond donors (Lipinski definition) is 6. The molecule has 15 heteroatoms. The Balaban J connectivity index is 0.000000459. The first-order valence-corrected chi connectivity index (χ1v) is 14.0. The Labute approximate surface area is 258 Å². The molecular weight excluding hydrogens is 590 g/mol. The molecular formula is C30H37N5O10. The summed E-state index contributed by atoms with van der Waals surface area (Å²) < 4.78 is 0. The van der Waals surface area contributed by atoms with E-state index in [9.17, 15) is 29.1 Å². The number of nitrogens with zero attached hydrogens (tertiary/aromatic N) is 4. The minimum Gasteiger partial charge on any atom is -0.481 e. The topological polar surface area (TPSA) is 244 Å². The highest BCUT2D eigenvalue weighted by Crippen LogP contribution is 2.30. The number of carbonyl (C=O) groups is 5. The maximum absolute atomic E-state index is 12.9. The number of H-pyrrole nitrogens is 1. The van der Waals surface area contributed by atoms with E-state index in [4.69, 9.17) is 20.4 Å². The van der Waals surface area contributed by atoms with Crippen LogP contribution >= 0.6 is 0 Å². The van der Waals surface area contributed by atoms with Crippen molar-refractivity contribution >= 4 is 29.8 Å². The van der Waals surface area contributed by atoms with Crippen LogP contribution in [0, 0.1) is 5.92 Å². The van der Waals surface area contributed by atoms with E-state index in [1.807, 2.05) is 69.3 Å². The summed E-state index contributed by atoms with van der Waals surface area (Å²) in [6.07, 6.45) is -0.314. The highest BCUT2D eigenvalue weighted by Gasteiger charge is 2.40. The number of aliphatic carboxylic acids is 4. The van der Waals surface area contributed by atoms with E-state index in [2.05, 4.69) is 20.6 Å². The van der Waals surface area contributed by atoms with Crippen LogP contribution in [0.1, 0.15) is 58.4 Å². The van der Waals surface area contributed by atoms with Crippen LogP contribution in [0.15, 0.2) is 48.5 Å². The molecule has 1 unspecified atom stereocenters. The average Bonchev–Trinajstić information content (AvgIpc) is 3.50. The van der Waals surface area contributed by atoms with E-state index >= 15 is 0 Å². The zero-order valence-electron chi connectivity index (χ0n) is 25.1. The molecule has 3 rings (SSSR count). The second-order valence-electron chi connectivity index (χ2n) is 10.6. The smallest absolute Gasteiger partial charge is 0.336 e. The van der Waals surface area contributed by atoms with Gasteiger partial charge >= 0.3 is 23.9 Å². The first-order chi connectivity index (χ1) is 21.2. The molecule has 6 N–H and O–H groups in total. The molecule has 0 aliphatic rings. The normalized spacial score (nSPS) is 11.7. The molecule has 1 amide bonds. The summed E-state index contributed by atoms with van der Waals surface area (Å²) in [7, 11) is 0. The fourth-order valence-electron chi connectivity index (χ4n) is 4.50. The number of tetrazole rings is 1. The lowest BCUT2D eigenvalue weighted by Crippen LogP contribution is -2.47. The standard InChI is InChI=1S/C24H29N5O3.C6H8O7/c1-4-5-10-21(30)29(22(16(2)3)24(31)32)15-17-11-13-18(14-12-17)19-8-6-7-9-20(19)23-25-27-28-26-23;7-3(8)1-6(13,5(11)12)2-4(9)10/h6-9,11-14,16,22H,4-5,10,15H2,1-3H3,(H,31,32)(H,25,26,27,28);13H,1-2H2,(H,7,8)(H,9,10)(H,11,12). The number of amides is 1. The predicted molar refractivity (Wildman–Crippen MR) is 158 cm³/mol. The van der Waals surface area contributed by atoms with Gasteiger partial charge < -0.3 is 30.4 Å². The molecule has 1 heterocycles. The molecule has 0 spiro atoms. The van der Waals surface area contributed by atoms with Gasteiger partial charge in [-0.25, -0.2) is 9.59 Å². The third-order valence-corrected chi connectivity index (χ3v) is 6.70. The molecule has 0 radical (unpaired) electrons. The van der Waals surface area contributed by atoms with Crippen LogP contribution in [0.25, 0.3) is 22.5 Å². The highest BCUT2D eigenvalue weighted by atomic mass is 16.4. The number of unbranched alkanes of at least 4 members (excludes halogenated alkanes) is 1. The van der Waals surface area contributed by atoms with E-state index in [1.165, 1.54) is 4.90 Å². The molecule has 15 nitrogen and oxygen atoms in total. The van der Waals surface area contributed by atoms with Crippen molar-refractivity contribution in [3.05, 3.63) is 54.1 Å². The molecule has 0 aliphatic carbocycles. The second-order valence-corrected chi connectivity index (χ2v) is 10.6. The highest BCUT2D eigenvalue weighted by molar-refractivity contribution is 5.88. The van der Waals surface area contributed by atoms with Crippen LogP contribution in [0.3, 0.4) is 0 Å². The Morgan fingerprint density at radius 3 is 1.91 bits per heavy atom. The van der Waals surface area contributed by atoms with Crippen LogP contribution in [0.2, 0.25) is 0 Å². The molecule has 0 saturated carbocycles. The van der Waals surface area contributed by atoms with Crippen molar-refractivity contribution in [1.82, 2.24) is 25.5 Å². The van der Waals surface area contributed by atoms with Gasteiger partial charge in [0.15, 0.2) is 5.60 Å². The third-order valence-electron chi connectivity index (χ3n) is 6.70. The van der Waals surface area contributed by atoms with Crippen molar-refractivity contribution in [2.75, 3.05) is 0 Å². The SMILES string of the molecule is CCCCC(=O)N(Cc1ccc(-c2ccccc2-c2nn[nH]n2)cc1)C(C(=O)O)C(C)C.O=C(O)CC(O)(CC(=O)O)C(=O)O. The van der Waals surface area contributed by atoms with Gasteiger partial charge in [0, 0.05) is 18.5 Å². The van der Waals surface area contributed by atoms with Gasteiger partial charge in [-0.05, 0) is 34.2 Å². The molecule has 45 heavy (non-hydrogen) atoms. The number of carboxylic acid groups (broad SMARTS) is 4. The summed E-state index contributed by atoms with van der Waals surface area (Å²) >= 11 is 0. The summed E-state index contributed by atoms with van der Waals surface area (Å²) in [5.41, 5.74) is 0.926. The number of carboxylic acids is 4. The first-order valence-electron chi connectivity index (χ1n) is 14.0. The van der Waals surface area contributed by atoms with E-state index in [-0.39, 0.29) is 18.4 Å². The molecule has 0 bridgehead atoms. The van der Waals surface area contributed by atoms with E-state index < -0.39 is 48.4 Å². The van der Waals surface area contributed by atoms with Crippen LogP contribution in [-0.2, 0) is 30.5 Å². The summed E-state index contributed by atoms with van der Waals surface area (Å²) in [5.74, 6) is -5.80. The molecule has 1 atom stereocenters. The van der Waals surface area contributed by atoms with Crippen molar-refractivity contribution < 1.29 is 49.5 Å². The lowest BCUT2D eigenvalue weighted by molar-refractivity contribution is -0.170. The average molecular weight is 628 g/mol. The van der Waals surface area contributed by atoms with Crippen LogP contribution in [-0.4, -0.2) is 92.5 Å². The lowest BCUT2D eigenvalue weighted by atomic mass is 9.96. The zero-order valence-corrected chi connectivity index (χ0v) is 25.1. The van der Waals surface area contributed by atoms with Crippen molar-refractivity contribution in [2.45, 2.75) is 71.1 Å². The minimum atomic E-state index is -2.74. The Morgan fingerprint density at radius 2 is 1.47 bits per heavy atom. The van der Waals surface area contributed by atoms with Gasteiger partial charge in [0.2, 0.25) is 11.7 Å². The maximum Gasteiger partial charge on any atom is 0.336 e. The number of rotatable bonds is 15. The first kappa shape index (κ1) is 36.0. The van der Waals surface area contributed by atoms with Crippen LogP contribution in [0.5, 0.6) is 0 Å². The van der Waals surface area contributed by atoms with Crippen LogP contribution in [0.4, 0.5) is 0 Å². The van der Waals surface area contributed by atoms with Gasteiger partial charge in [0.05, 0.1) is 12.8 Å².